The number of thiazole rings is 1. The number of aromatic nitrogens is 1. The molecular formula is C22H28N2OS. The van der Waals surface area contributed by atoms with Crippen LogP contribution in [0.3, 0.4) is 0 Å². The SMILES string of the molecule is Cc1sc(N2CCC(C)CC2)nc1CCOc1cccc2c1CCC=C2. The average Bonchev–Trinajstić information content (AvgIpc) is 3.03. The molecule has 4 heteroatoms. The van der Waals surface area contributed by atoms with Crippen molar-refractivity contribution in [2.45, 2.75) is 46.0 Å². The van der Waals surface area contributed by atoms with Gasteiger partial charge in [-0.25, -0.2) is 4.98 Å². The van der Waals surface area contributed by atoms with Gasteiger partial charge in [-0.3, -0.25) is 0 Å². The summed E-state index contributed by atoms with van der Waals surface area (Å²) in [6.45, 7) is 7.53. The summed E-state index contributed by atoms with van der Waals surface area (Å²) < 4.78 is 6.15. The van der Waals surface area contributed by atoms with E-state index in [0.717, 1.165) is 44.0 Å². The van der Waals surface area contributed by atoms with Gasteiger partial charge in [0.1, 0.15) is 5.75 Å². The molecule has 0 saturated carbocycles. The number of hydrogen-bond acceptors (Lipinski definition) is 4. The zero-order valence-electron chi connectivity index (χ0n) is 15.8. The molecule has 1 aliphatic carbocycles. The second kappa shape index (κ2) is 7.83. The van der Waals surface area contributed by atoms with Crippen molar-refractivity contribution in [3.05, 3.63) is 46.0 Å². The predicted octanol–water partition coefficient (Wildman–Crippen LogP) is 5.27. The van der Waals surface area contributed by atoms with Crippen LogP contribution in [0.4, 0.5) is 5.13 Å². The Balaban J connectivity index is 1.38. The van der Waals surface area contributed by atoms with Crippen LogP contribution in [0.2, 0.25) is 0 Å². The fourth-order valence-corrected chi connectivity index (χ4v) is 4.82. The highest BCUT2D eigenvalue weighted by Crippen LogP contribution is 2.31. The van der Waals surface area contributed by atoms with Gasteiger partial charge in [0.05, 0.1) is 12.3 Å². The van der Waals surface area contributed by atoms with E-state index in [-0.39, 0.29) is 0 Å². The quantitative estimate of drug-likeness (QED) is 0.719. The van der Waals surface area contributed by atoms with Crippen LogP contribution in [-0.2, 0) is 12.8 Å². The summed E-state index contributed by atoms with van der Waals surface area (Å²) in [6, 6.07) is 6.37. The lowest BCUT2D eigenvalue weighted by atomic mass is 9.97. The summed E-state index contributed by atoms with van der Waals surface area (Å²) in [7, 11) is 0. The molecule has 4 rings (SSSR count). The van der Waals surface area contributed by atoms with E-state index in [4.69, 9.17) is 9.72 Å². The molecule has 0 radical (unpaired) electrons. The fraction of sp³-hybridized carbons (Fsp3) is 0.500. The molecule has 0 N–H and O–H groups in total. The van der Waals surface area contributed by atoms with Gasteiger partial charge >= 0.3 is 0 Å². The molecule has 2 aliphatic rings. The summed E-state index contributed by atoms with van der Waals surface area (Å²) in [4.78, 5) is 8.72. The van der Waals surface area contributed by atoms with Crippen LogP contribution in [-0.4, -0.2) is 24.7 Å². The Hall–Kier alpha value is -1.81. The molecular weight excluding hydrogens is 340 g/mol. The molecule has 26 heavy (non-hydrogen) atoms. The Morgan fingerprint density at radius 3 is 2.96 bits per heavy atom. The summed E-state index contributed by atoms with van der Waals surface area (Å²) in [5, 5.41) is 1.20. The zero-order chi connectivity index (χ0) is 17.9. The largest absolute Gasteiger partial charge is 0.493 e. The predicted molar refractivity (Wildman–Crippen MR) is 110 cm³/mol. The molecule has 1 aromatic heterocycles. The van der Waals surface area contributed by atoms with Gasteiger partial charge in [-0.2, -0.15) is 0 Å². The number of piperidine rings is 1. The van der Waals surface area contributed by atoms with E-state index in [1.165, 1.54) is 39.7 Å². The topological polar surface area (TPSA) is 25.4 Å². The van der Waals surface area contributed by atoms with Crippen LogP contribution in [0.5, 0.6) is 5.75 Å². The number of anilines is 1. The van der Waals surface area contributed by atoms with Gasteiger partial charge in [-0.15, -0.1) is 11.3 Å². The van der Waals surface area contributed by atoms with Crippen molar-refractivity contribution in [2.24, 2.45) is 5.92 Å². The molecule has 1 aliphatic heterocycles. The Labute approximate surface area is 160 Å². The third-order valence-corrected chi connectivity index (χ3v) is 6.63. The Kier molecular flexibility index (Phi) is 5.30. The van der Waals surface area contributed by atoms with E-state index in [9.17, 15) is 0 Å². The molecule has 3 nitrogen and oxygen atoms in total. The first-order valence-electron chi connectivity index (χ1n) is 9.83. The van der Waals surface area contributed by atoms with Crippen LogP contribution in [0.25, 0.3) is 6.08 Å². The van der Waals surface area contributed by atoms with E-state index in [2.05, 4.69) is 49.1 Å². The molecule has 0 atom stereocenters. The van der Waals surface area contributed by atoms with Crippen molar-refractivity contribution in [1.82, 2.24) is 4.98 Å². The summed E-state index contributed by atoms with van der Waals surface area (Å²) in [6.07, 6.45) is 10.1. The Bertz CT molecular complexity index is 787. The van der Waals surface area contributed by atoms with Gasteiger partial charge < -0.3 is 9.64 Å². The van der Waals surface area contributed by atoms with Crippen LogP contribution in [0, 0.1) is 12.8 Å². The Morgan fingerprint density at radius 1 is 1.27 bits per heavy atom. The monoisotopic (exact) mass is 368 g/mol. The van der Waals surface area contributed by atoms with Gasteiger partial charge in [0.2, 0.25) is 0 Å². The maximum Gasteiger partial charge on any atom is 0.185 e. The third-order valence-electron chi connectivity index (χ3n) is 5.56. The van der Waals surface area contributed by atoms with E-state index < -0.39 is 0 Å². The molecule has 138 valence electrons. The highest BCUT2D eigenvalue weighted by Gasteiger charge is 2.20. The number of aryl methyl sites for hydroxylation is 1. The molecule has 1 aromatic carbocycles. The van der Waals surface area contributed by atoms with Crippen molar-refractivity contribution in [3.8, 4) is 5.75 Å². The number of rotatable bonds is 5. The molecule has 2 aromatic rings. The Morgan fingerprint density at radius 2 is 2.12 bits per heavy atom. The van der Waals surface area contributed by atoms with Crippen molar-refractivity contribution < 1.29 is 4.74 Å². The molecule has 0 amide bonds. The first-order valence-corrected chi connectivity index (χ1v) is 10.6. The van der Waals surface area contributed by atoms with E-state index in [0.29, 0.717) is 6.61 Å². The number of ether oxygens (including phenoxy) is 1. The third kappa shape index (κ3) is 3.80. The second-order valence-corrected chi connectivity index (χ2v) is 8.71. The molecule has 1 fully saturated rings. The molecule has 1 saturated heterocycles. The van der Waals surface area contributed by atoms with Gasteiger partial charge in [0.25, 0.3) is 0 Å². The number of hydrogen-bond donors (Lipinski definition) is 0. The van der Waals surface area contributed by atoms with Crippen LogP contribution >= 0.6 is 11.3 Å². The second-order valence-electron chi connectivity index (χ2n) is 7.53. The van der Waals surface area contributed by atoms with Crippen LogP contribution in [0.15, 0.2) is 24.3 Å². The van der Waals surface area contributed by atoms with Crippen LogP contribution < -0.4 is 9.64 Å². The molecule has 0 unspecified atom stereocenters. The maximum atomic E-state index is 6.15. The minimum absolute atomic E-state index is 0.696. The highest BCUT2D eigenvalue weighted by molar-refractivity contribution is 7.15. The molecule has 0 spiro atoms. The summed E-state index contributed by atoms with van der Waals surface area (Å²) in [5.41, 5.74) is 3.86. The lowest BCUT2D eigenvalue weighted by Crippen LogP contribution is -2.32. The van der Waals surface area contributed by atoms with E-state index in [1.54, 1.807) is 0 Å². The molecule has 2 heterocycles. The minimum atomic E-state index is 0.696. The van der Waals surface area contributed by atoms with E-state index in [1.807, 2.05) is 11.3 Å². The van der Waals surface area contributed by atoms with Crippen molar-refractivity contribution in [2.75, 3.05) is 24.6 Å². The highest BCUT2D eigenvalue weighted by atomic mass is 32.1. The summed E-state index contributed by atoms with van der Waals surface area (Å²) in [5.74, 6) is 1.90. The fourth-order valence-electron chi connectivity index (χ4n) is 3.82. The summed E-state index contributed by atoms with van der Waals surface area (Å²) >= 11 is 1.84. The van der Waals surface area contributed by atoms with Crippen molar-refractivity contribution in [3.63, 3.8) is 0 Å². The molecule has 0 bridgehead atoms. The van der Waals surface area contributed by atoms with Crippen molar-refractivity contribution >= 4 is 22.5 Å². The average molecular weight is 369 g/mol. The van der Waals surface area contributed by atoms with Gasteiger partial charge in [0.15, 0.2) is 5.13 Å². The van der Waals surface area contributed by atoms with Gasteiger partial charge in [-0.1, -0.05) is 31.2 Å². The smallest absolute Gasteiger partial charge is 0.185 e. The normalized spacial score (nSPS) is 17.4. The maximum absolute atomic E-state index is 6.15. The van der Waals surface area contributed by atoms with Gasteiger partial charge in [0, 0.05) is 30.0 Å². The van der Waals surface area contributed by atoms with Crippen molar-refractivity contribution in [1.29, 1.82) is 0 Å². The number of fused-ring (bicyclic) bond motifs is 1. The first-order chi connectivity index (χ1) is 12.7. The lowest BCUT2D eigenvalue weighted by molar-refractivity contribution is 0.317. The standard InChI is InChI=1S/C22H28N2OS/c1-16-10-13-24(14-11-16)22-23-20(17(2)26-22)12-15-25-21-9-5-7-18-6-3-4-8-19(18)21/h3,5-7,9,16H,4,8,10-15H2,1-2H3. The number of benzene rings is 1. The van der Waals surface area contributed by atoms with Crippen LogP contribution in [0.1, 0.15) is 47.9 Å². The van der Waals surface area contributed by atoms with Gasteiger partial charge in [-0.05, 0) is 50.2 Å². The first kappa shape index (κ1) is 17.6. The zero-order valence-corrected chi connectivity index (χ0v) is 16.6. The number of nitrogens with zero attached hydrogens (tertiary/aromatic N) is 2. The van der Waals surface area contributed by atoms with E-state index >= 15 is 0 Å². The minimum Gasteiger partial charge on any atom is -0.493 e. The lowest BCUT2D eigenvalue weighted by Gasteiger charge is -2.29. The number of allylic oxidation sites excluding steroid dienone is 1.